The van der Waals surface area contributed by atoms with Crippen LogP contribution in [0.2, 0.25) is 0 Å². The average Bonchev–Trinajstić information content (AvgIpc) is 3.52. The maximum Gasteiger partial charge on any atom is 0.253 e. The molecule has 0 unspecified atom stereocenters. The van der Waals surface area contributed by atoms with Gasteiger partial charge < -0.3 is 9.30 Å². The topological polar surface area (TPSA) is 72.6 Å². The Labute approximate surface area is 214 Å². The number of nitrogens with zero attached hydrogens (tertiary/aromatic N) is 5. The minimum atomic E-state index is -0.179. The van der Waals surface area contributed by atoms with Gasteiger partial charge in [-0.1, -0.05) is 78.5 Å². The molecule has 2 heterocycles. The van der Waals surface area contributed by atoms with E-state index < -0.39 is 0 Å². The van der Waals surface area contributed by atoms with Crippen molar-refractivity contribution in [2.45, 2.75) is 24.5 Å². The molecule has 1 aromatic heterocycles. The number of amides is 1. The molecule has 0 bridgehead atoms. The van der Waals surface area contributed by atoms with Gasteiger partial charge >= 0.3 is 0 Å². The van der Waals surface area contributed by atoms with E-state index in [1.54, 1.807) is 12.1 Å². The van der Waals surface area contributed by atoms with E-state index in [1.807, 2.05) is 84.4 Å². The summed E-state index contributed by atoms with van der Waals surface area (Å²) in [6.07, 6.45) is 0.647. The van der Waals surface area contributed by atoms with Crippen molar-refractivity contribution < 1.29 is 9.53 Å². The third kappa shape index (κ3) is 4.77. The van der Waals surface area contributed by atoms with Gasteiger partial charge in [-0.25, -0.2) is 5.01 Å². The monoisotopic (exact) mass is 497 g/mol. The molecule has 0 radical (unpaired) electrons. The Morgan fingerprint density at radius 3 is 2.44 bits per heavy atom. The molecule has 0 aliphatic carbocycles. The number of rotatable bonds is 7. The molecule has 4 aromatic rings. The second kappa shape index (κ2) is 10.4. The molecule has 0 N–H and O–H groups in total. The Morgan fingerprint density at radius 1 is 1.00 bits per heavy atom. The third-order valence-electron chi connectivity index (χ3n) is 6.32. The third-order valence-corrected chi connectivity index (χ3v) is 7.32. The lowest BCUT2D eigenvalue weighted by Gasteiger charge is -2.22. The summed E-state index contributed by atoms with van der Waals surface area (Å²) in [6, 6.07) is 25.7. The summed E-state index contributed by atoms with van der Waals surface area (Å²) < 4.78 is 7.24. The van der Waals surface area contributed by atoms with Crippen molar-refractivity contribution in [2.75, 3.05) is 12.9 Å². The van der Waals surface area contributed by atoms with Gasteiger partial charge in [0.05, 0.1) is 24.6 Å². The lowest BCUT2D eigenvalue weighted by atomic mass is 9.98. The van der Waals surface area contributed by atoms with E-state index >= 15 is 0 Å². The highest BCUT2D eigenvalue weighted by Gasteiger charge is 2.33. The Balaban J connectivity index is 1.37. The molecule has 3 aromatic carbocycles. The number of carbonyl (C=O) groups is 1. The number of aryl methyl sites for hydroxylation is 1. The highest BCUT2D eigenvalue weighted by atomic mass is 32.2. The maximum atomic E-state index is 13.5. The van der Waals surface area contributed by atoms with Crippen molar-refractivity contribution in [3.63, 3.8) is 0 Å². The summed E-state index contributed by atoms with van der Waals surface area (Å²) in [4.78, 5) is 13.5. The molecular weight excluding hydrogens is 470 g/mol. The summed E-state index contributed by atoms with van der Waals surface area (Å²) in [5.74, 6) is 1.69. The summed E-state index contributed by atoms with van der Waals surface area (Å²) in [5.41, 5.74) is 5.10. The molecule has 1 aliphatic rings. The van der Waals surface area contributed by atoms with Crippen LogP contribution in [0.4, 0.5) is 0 Å². The van der Waals surface area contributed by atoms with E-state index in [-0.39, 0.29) is 17.7 Å². The zero-order chi connectivity index (χ0) is 25.1. The Bertz CT molecular complexity index is 1400. The van der Waals surface area contributed by atoms with Gasteiger partial charge in [0.1, 0.15) is 5.75 Å². The van der Waals surface area contributed by atoms with Crippen LogP contribution < -0.4 is 4.74 Å². The zero-order valence-corrected chi connectivity index (χ0v) is 21.3. The number of hydrazone groups is 1. The highest BCUT2D eigenvalue weighted by Crippen LogP contribution is 2.34. The first kappa shape index (κ1) is 23.8. The number of methoxy groups -OCH3 is 1. The molecule has 0 saturated heterocycles. The number of ether oxygens (including phenoxy) is 1. The fourth-order valence-corrected chi connectivity index (χ4v) is 5.09. The predicted octanol–water partition coefficient (Wildman–Crippen LogP) is 5.27. The van der Waals surface area contributed by atoms with Crippen molar-refractivity contribution in [1.82, 2.24) is 19.8 Å². The molecule has 182 valence electrons. The van der Waals surface area contributed by atoms with Gasteiger partial charge in [0.2, 0.25) is 0 Å². The van der Waals surface area contributed by atoms with E-state index in [0.29, 0.717) is 11.6 Å². The second-order valence-corrected chi connectivity index (χ2v) is 9.56. The molecule has 1 atom stereocenters. The zero-order valence-electron chi connectivity index (χ0n) is 20.5. The number of hydrogen-bond donors (Lipinski definition) is 0. The van der Waals surface area contributed by atoms with Crippen LogP contribution in [0, 0.1) is 6.92 Å². The number of aromatic nitrogens is 3. The van der Waals surface area contributed by atoms with Crippen LogP contribution in [-0.2, 0) is 11.8 Å². The number of hydrogen-bond acceptors (Lipinski definition) is 6. The van der Waals surface area contributed by atoms with Gasteiger partial charge in [0.25, 0.3) is 5.91 Å². The average molecular weight is 498 g/mol. The van der Waals surface area contributed by atoms with Crippen molar-refractivity contribution in [3.8, 4) is 17.1 Å². The summed E-state index contributed by atoms with van der Waals surface area (Å²) >= 11 is 1.37. The highest BCUT2D eigenvalue weighted by molar-refractivity contribution is 7.99. The minimum Gasteiger partial charge on any atom is -0.497 e. The van der Waals surface area contributed by atoms with Gasteiger partial charge in [-0.3, -0.25) is 4.79 Å². The van der Waals surface area contributed by atoms with Crippen LogP contribution >= 0.6 is 11.8 Å². The molecule has 36 heavy (non-hydrogen) atoms. The van der Waals surface area contributed by atoms with Crippen molar-refractivity contribution in [1.29, 1.82) is 0 Å². The van der Waals surface area contributed by atoms with Gasteiger partial charge in [-0.2, -0.15) is 5.10 Å². The molecule has 0 fully saturated rings. The number of thioether (sulfide) groups is 1. The van der Waals surface area contributed by atoms with Crippen LogP contribution in [0.3, 0.4) is 0 Å². The van der Waals surface area contributed by atoms with Gasteiger partial charge in [-0.05, 0) is 35.7 Å². The Kier molecular flexibility index (Phi) is 6.86. The van der Waals surface area contributed by atoms with Crippen LogP contribution in [0.1, 0.15) is 29.2 Å². The van der Waals surface area contributed by atoms with Gasteiger partial charge in [0.15, 0.2) is 11.0 Å². The molecule has 7 nitrogen and oxygen atoms in total. The molecule has 8 heteroatoms. The van der Waals surface area contributed by atoms with Crippen molar-refractivity contribution >= 4 is 23.4 Å². The SMILES string of the molecule is COc1ccc([C@H]2CC(c3ccccc3)=NN2C(=O)CSc2nnc(-c3ccccc3C)n2C)cc1. The quantitative estimate of drug-likeness (QED) is 0.325. The summed E-state index contributed by atoms with van der Waals surface area (Å²) in [6.45, 7) is 2.05. The summed E-state index contributed by atoms with van der Waals surface area (Å²) in [5, 5.41) is 15.8. The van der Waals surface area contributed by atoms with Gasteiger partial charge in [-0.15, -0.1) is 10.2 Å². The predicted molar refractivity (Wildman–Crippen MR) is 142 cm³/mol. The van der Waals surface area contributed by atoms with E-state index in [9.17, 15) is 4.79 Å². The molecule has 1 amide bonds. The first-order valence-corrected chi connectivity index (χ1v) is 12.7. The van der Waals surface area contributed by atoms with Crippen molar-refractivity contribution in [2.24, 2.45) is 12.1 Å². The second-order valence-electron chi connectivity index (χ2n) is 8.61. The fraction of sp³-hybridized carbons (Fsp3) is 0.214. The molecule has 5 rings (SSSR count). The Hall–Kier alpha value is -3.91. The standard InChI is InChI=1S/C28H27N5O2S/c1-19-9-7-8-12-23(19)27-29-30-28(32(27)2)36-18-26(34)33-25(21-13-15-22(35-3)16-14-21)17-24(31-33)20-10-5-4-6-11-20/h4-16,25H,17-18H2,1-3H3/t25-/m1/s1. The molecule has 1 aliphatic heterocycles. The maximum absolute atomic E-state index is 13.5. The van der Waals surface area contributed by atoms with Crippen LogP contribution in [-0.4, -0.2) is 44.3 Å². The van der Waals surface area contributed by atoms with E-state index in [0.717, 1.165) is 39.5 Å². The normalized spacial score (nSPS) is 15.1. The lowest BCUT2D eigenvalue weighted by molar-refractivity contribution is -0.130. The molecule has 0 spiro atoms. The van der Waals surface area contributed by atoms with Crippen LogP contribution in [0.25, 0.3) is 11.4 Å². The van der Waals surface area contributed by atoms with E-state index in [4.69, 9.17) is 9.84 Å². The smallest absolute Gasteiger partial charge is 0.253 e. The first-order valence-electron chi connectivity index (χ1n) is 11.7. The van der Waals surface area contributed by atoms with Crippen LogP contribution in [0.5, 0.6) is 5.75 Å². The van der Waals surface area contributed by atoms with E-state index in [1.165, 1.54) is 11.8 Å². The number of carbonyl (C=O) groups excluding carboxylic acids is 1. The molecular formula is C28H27N5O2S. The largest absolute Gasteiger partial charge is 0.497 e. The minimum absolute atomic E-state index is 0.0767. The van der Waals surface area contributed by atoms with Crippen molar-refractivity contribution in [3.05, 3.63) is 95.6 Å². The van der Waals surface area contributed by atoms with Crippen LogP contribution in [0.15, 0.2) is 89.1 Å². The fourth-order valence-electron chi connectivity index (χ4n) is 4.32. The molecule has 0 saturated carbocycles. The summed E-state index contributed by atoms with van der Waals surface area (Å²) in [7, 11) is 3.57. The lowest BCUT2D eigenvalue weighted by Crippen LogP contribution is -2.28. The Morgan fingerprint density at radius 2 is 1.72 bits per heavy atom. The van der Waals surface area contributed by atoms with E-state index in [2.05, 4.69) is 23.2 Å². The number of benzene rings is 3. The van der Waals surface area contributed by atoms with Gasteiger partial charge in [0, 0.05) is 19.0 Å². The first-order chi connectivity index (χ1) is 17.5.